The first-order valence-electron chi connectivity index (χ1n) is 5.51. The molecule has 0 radical (unpaired) electrons. The van der Waals surface area contributed by atoms with Gasteiger partial charge in [-0.25, -0.2) is 8.78 Å². The molecule has 0 aromatic heterocycles. The van der Waals surface area contributed by atoms with E-state index < -0.39 is 17.7 Å². The molecular weight excluding hydrogens is 224 g/mol. The number of piperazine rings is 1. The highest BCUT2D eigenvalue weighted by Crippen LogP contribution is 2.22. The molecule has 1 aliphatic heterocycles. The van der Waals surface area contributed by atoms with Gasteiger partial charge in [-0.1, -0.05) is 0 Å². The summed E-state index contributed by atoms with van der Waals surface area (Å²) in [6.45, 7) is 2.98. The zero-order valence-electron chi connectivity index (χ0n) is 9.29. The molecule has 1 N–H and O–H groups in total. The van der Waals surface area contributed by atoms with Crippen LogP contribution in [0.15, 0.2) is 18.2 Å². The third-order valence-corrected chi connectivity index (χ3v) is 2.84. The van der Waals surface area contributed by atoms with E-state index in [4.69, 9.17) is 5.26 Å². The van der Waals surface area contributed by atoms with Crippen molar-refractivity contribution in [2.75, 3.05) is 26.2 Å². The number of nitrogens with one attached hydrogen (secondary N) is 1. The summed E-state index contributed by atoms with van der Waals surface area (Å²) in [6.07, 6.45) is 0. The second-order valence-electron chi connectivity index (χ2n) is 4.02. The standard InChI is InChI=1S/C12H13F2N3/c13-10-5-9(6-11(14)7-10)12(8-15)17-3-1-16-2-4-17/h5-7,12,16H,1-4H2. The van der Waals surface area contributed by atoms with Crippen molar-refractivity contribution in [1.29, 1.82) is 5.26 Å². The summed E-state index contributed by atoms with van der Waals surface area (Å²) in [5, 5.41) is 12.3. The molecule has 1 atom stereocenters. The van der Waals surface area contributed by atoms with Gasteiger partial charge in [0.05, 0.1) is 6.07 Å². The van der Waals surface area contributed by atoms with Crippen molar-refractivity contribution in [2.45, 2.75) is 6.04 Å². The molecule has 3 nitrogen and oxygen atoms in total. The van der Waals surface area contributed by atoms with Crippen LogP contribution in [-0.2, 0) is 0 Å². The Balaban J connectivity index is 2.25. The van der Waals surface area contributed by atoms with E-state index in [-0.39, 0.29) is 0 Å². The molecule has 5 heteroatoms. The van der Waals surface area contributed by atoms with Crippen molar-refractivity contribution < 1.29 is 8.78 Å². The first-order chi connectivity index (χ1) is 8.20. The van der Waals surface area contributed by atoms with Crippen LogP contribution in [0.25, 0.3) is 0 Å². The first-order valence-corrected chi connectivity index (χ1v) is 5.51. The van der Waals surface area contributed by atoms with E-state index in [2.05, 4.69) is 11.4 Å². The van der Waals surface area contributed by atoms with Crippen LogP contribution >= 0.6 is 0 Å². The van der Waals surface area contributed by atoms with E-state index in [0.717, 1.165) is 19.2 Å². The quantitative estimate of drug-likeness (QED) is 0.845. The molecule has 0 bridgehead atoms. The first kappa shape index (κ1) is 12.0. The van der Waals surface area contributed by atoms with Crippen molar-refractivity contribution >= 4 is 0 Å². The zero-order chi connectivity index (χ0) is 12.3. The fourth-order valence-electron chi connectivity index (χ4n) is 2.04. The van der Waals surface area contributed by atoms with E-state index in [9.17, 15) is 8.78 Å². The lowest BCUT2D eigenvalue weighted by atomic mass is 10.1. The summed E-state index contributed by atoms with van der Waals surface area (Å²) >= 11 is 0. The Bertz CT molecular complexity index is 416. The molecule has 1 saturated heterocycles. The Morgan fingerprint density at radius 2 is 1.76 bits per heavy atom. The second kappa shape index (κ2) is 5.21. The van der Waals surface area contributed by atoms with Gasteiger partial charge in [-0.15, -0.1) is 0 Å². The fourth-order valence-corrected chi connectivity index (χ4v) is 2.04. The van der Waals surface area contributed by atoms with Gasteiger partial charge < -0.3 is 5.32 Å². The maximum atomic E-state index is 13.1. The van der Waals surface area contributed by atoms with Crippen LogP contribution in [0.2, 0.25) is 0 Å². The van der Waals surface area contributed by atoms with Crippen LogP contribution in [-0.4, -0.2) is 31.1 Å². The van der Waals surface area contributed by atoms with Gasteiger partial charge in [0.15, 0.2) is 0 Å². The van der Waals surface area contributed by atoms with Crippen molar-refractivity contribution in [3.05, 3.63) is 35.4 Å². The van der Waals surface area contributed by atoms with Crippen LogP contribution in [0.4, 0.5) is 8.78 Å². The average molecular weight is 237 g/mol. The minimum atomic E-state index is -0.643. The van der Waals surface area contributed by atoms with E-state index in [0.29, 0.717) is 18.7 Å². The topological polar surface area (TPSA) is 39.1 Å². The summed E-state index contributed by atoms with van der Waals surface area (Å²) < 4.78 is 26.2. The van der Waals surface area contributed by atoms with Crippen molar-refractivity contribution in [3.8, 4) is 6.07 Å². The van der Waals surface area contributed by atoms with Crippen molar-refractivity contribution in [2.24, 2.45) is 0 Å². The smallest absolute Gasteiger partial charge is 0.126 e. The van der Waals surface area contributed by atoms with Crippen LogP contribution in [0, 0.1) is 23.0 Å². The fraction of sp³-hybridized carbons (Fsp3) is 0.417. The third-order valence-electron chi connectivity index (χ3n) is 2.84. The van der Waals surface area contributed by atoms with Crippen molar-refractivity contribution in [3.63, 3.8) is 0 Å². The number of nitrogens with zero attached hydrogens (tertiary/aromatic N) is 2. The molecule has 17 heavy (non-hydrogen) atoms. The molecule has 0 saturated carbocycles. The maximum absolute atomic E-state index is 13.1. The van der Waals surface area contributed by atoms with Gasteiger partial charge in [0.1, 0.15) is 17.7 Å². The molecule has 1 aromatic carbocycles. The van der Waals surface area contributed by atoms with Gasteiger partial charge in [0, 0.05) is 32.2 Å². The summed E-state index contributed by atoms with van der Waals surface area (Å²) in [6, 6.07) is 4.78. The monoisotopic (exact) mass is 237 g/mol. The number of rotatable bonds is 2. The van der Waals surface area contributed by atoms with Crippen LogP contribution < -0.4 is 5.32 Å². The number of hydrogen-bond acceptors (Lipinski definition) is 3. The largest absolute Gasteiger partial charge is 0.314 e. The summed E-state index contributed by atoms with van der Waals surface area (Å²) in [5.41, 5.74) is 0.381. The molecular formula is C12H13F2N3. The molecule has 1 heterocycles. The molecule has 90 valence electrons. The van der Waals surface area contributed by atoms with Gasteiger partial charge in [0.2, 0.25) is 0 Å². The highest BCUT2D eigenvalue weighted by Gasteiger charge is 2.22. The third kappa shape index (κ3) is 2.78. The molecule has 1 unspecified atom stereocenters. The highest BCUT2D eigenvalue weighted by atomic mass is 19.1. The molecule has 0 amide bonds. The average Bonchev–Trinajstić information content (AvgIpc) is 2.30. The number of nitriles is 1. The SMILES string of the molecule is N#CC(c1cc(F)cc(F)c1)N1CCNCC1. The van der Waals surface area contributed by atoms with Gasteiger partial charge >= 0.3 is 0 Å². The minimum absolute atomic E-state index is 0.381. The number of benzene rings is 1. The summed E-state index contributed by atoms with van der Waals surface area (Å²) in [7, 11) is 0. The van der Waals surface area contributed by atoms with E-state index >= 15 is 0 Å². The van der Waals surface area contributed by atoms with E-state index in [1.54, 1.807) is 0 Å². The lowest BCUT2D eigenvalue weighted by Gasteiger charge is -2.31. The molecule has 1 fully saturated rings. The summed E-state index contributed by atoms with van der Waals surface area (Å²) in [4.78, 5) is 1.92. The Morgan fingerprint density at radius 1 is 1.18 bits per heavy atom. The van der Waals surface area contributed by atoms with E-state index in [1.165, 1.54) is 12.1 Å². The van der Waals surface area contributed by atoms with Gasteiger partial charge in [0.25, 0.3) is 0 Å². The molecule has 1 aliphatic rings. The highest BCUT2D eigenvalue weighted by molar-refractivity contribution is 5.26. The predicted octanol–water partition coefficient (Wildman–Crippen LogP) is 1.43. The Labute approximate surface area is 98.6 Å². The van der Waals surface area contributed by atoms with E-state index in [1.807, 2.05) is 4.90 Å². The Hall–Kier alpha value is -1.51. The van der Waals surface area contributed by atoms with Gasteiger partial charge in [-0.2, -0.15) is 5.26 Å². The maximum Gasteiger partial charge on any atom is 0.126 e. The molecule has 2 rings (SSSR count). The predicted molar refractivity (Wildman–Crippen MR) is 59.2 cm³/mol. The Kier molecular flexibility index (Phi) is 3.67. The second-order valence-corrected chi connectivity index (χ2v) is 4.02. The Morgan fingerprint density at radius 3 is 2.29 bits per heavy atom. The van der Waals surface area contributed by atoms with Gasteiger partial charge in [-0.3, -0.25) is 4.90 Å². The molecule has 0 spiro atoms. The zero-order valence-corrected chi connectivity index (χ0v) is 9.29. The lowest BCUT2D eigenvalue weighted by Crippen LogP contribution is -2.44. The number of halogens is 2. The molecule has 0 aliphatic carbocycles. The van der Waals surface area contributed by atoms with Crippen molar-refractivity contribution in [1.82, 2.24) is 10.2 Å². The summed E-state index contributed by atoms with van der Waals surface area (Å²) in [5.74, 6) is -1.29. The normalized spacial score (nSPS) is 18.6. The molecule has 1 aromatic rings. The number of hydrogen-bond donors (Lipinski definition) is 1. The minimum Gasteiger partial charge on any atom is -0.314 e. The van der Waals surface area contributed by atoms with Gasteiger partial charge in [-0.05, 0) is 17.7 Å². The van der Waals surface area contributed by atoms with Crippen LogP contribution in [0.3, 0.4) is 0 Å². The lowest BCUT2D eigenvalue weighted by molar-refractivity contribution is 0.207. The van der Waals surface area contributed by atoms with Crippen LogP contribution in [0.1, 0.15) is 11.6 Å². The van der Waals surface area contributed by atoms with Crippen LogP contribution in [0.5, 0.6) is 0 Å².